The quantitative estimate of drug-likeness (QED) is 0.323. The number of rotatable bonds is 10. The van der Waals surface area contributed by atoms with E-state index in [4.69, 9.17) is 0 Å². The van der Waals surface area contributed by atoms with Crippen molar-refractivity contribution in [2.75, 3.05) is 18.4 Å². The standard InChI is InChI=1S/C28H31N3O3S/c1-3-21-11-10-12-22(4-2)28(21)30-27(32)20-31(35(33,34)24-13-6-5-7-14-24)18-17-23-19-29-26-16-9-8-15-25(23)26/h5-16,19,29H,3-4,17-18,20H2,1-2H3,(H,30,32). The van der Waals surface area contributed by atoms with Crippen molar-refractivity contribution >= 4 is 32.5 Å². The number of anilines is 1. The maximum Gasteiger partial charge on any atom is 0.243 e. The molecule has 4 aromatic rings. The third kappa shape index (κ3) is 5.47. The fourth-order valence-electron chi connectivity index (χ4n) is 4.35. The molecule has 35 heavy (non-hydrogen) atoms. The molecule has 1 heterocycles. The molecular weight excluding hydrogens is 458 g/mol. The molecule has 1 amide bonds. The molecule has 0 spiro atoms. The van der Waals surface area contributed by atoms with Gasteiger partial charge in [-0.2, -0.15) is 4.31 Å². The second-order valence-corrected chi connectivity index (χ2v) is 10.4. The summed E-state index contributed by atoms with van der Waals surface area (Å²) >= 11 is 0. The van der Waals surface area contributed by atoms with Gasteiger partial charge in [-0.05, 0) is 54.2 Å². The lowest BCUT2D eigenvalue weighted by atomic mass is 10.0. The molecule has 0 bridgehead atoms. The minimum atomic E-state index is -3.86. The summed E-state index contributed by atoms with van der Waals surface area (Å²) < 4.78 is 28.3. The number of para-hydroxylation sites is 2. The number of amides is 1. The first-order chi connectivity index (χ1) is 16.9. The van der Waals surface area contributed by atoms with Gasteiger partial charge in [0.25, 0.3) is 0 Å². The molecule has 0 atom stereocenters. The Balaban J connectivity index is 1.60. The highest BCUT2D eigenvalue weighted by atomic mass is 32.2. The number of sulfonamides is 1. The lowest BCUT2D eigenvalue weighted by Gasteiger charge is -2.23. The summed E-state index contributed by atoms with van der Waals surface area (Å²) in [5.41, 5.74) is 4.87. The van der Waals surface area contributed by atoms with Crippen LogP contribution in [0.1, 0.15) is 30.5 Å². The van der Waals surface area contributed by atoms with Crippen LogP contribution in [-0.2, 0) is 34.1 Å². The van der Waals surface area contributed by atoms with E-state index in [1.807, 2.05) is 62.5 Å². The monoisotopic (exact) mass is 489 g/mol. The Morgan fingerprint density at radius 1 is 0.857 bits per heavy atom. The van der Waals surface area contributed by atoms with Gasteiger partial charge in [-0.25, -0.2) is 8.42 Å². The van der Waals surface area contributed by atoms with Crippen molar-refractivity contribution in [3.8, 4) is 0 Å². The van der Waals surface area contributed by atoms with Crippen LogP contribution < -0.4 is 5.32 Å². The molecule has 0 unspecified atom stereocenters. The Kier molecular flexibility index (Phi) is 7.68. The number of nitrogens with zero attached hydrogens (tertiary/aromatic N) is 1. The third-order valence-electron chi connectivity index (χ3n) is 6.27. The Morgan fingerprint density at radius 2 is 1.51 bits per heavy atom. The Bertz CT molecular complexity index is 1390. The van der Waals surface area contributed by atoms with Crippen LogP contribution in [0.15, 0.2) is 83.9 Å². The van der Waals surface area contributed by atoms with Gasteiger partial charge < -0.3 is 10.3 Å². The molecule has 0 saturated carbocycles. The molecule has 0 aliphatic heterocycles. The number of nitrogens with one attached hydrogen (secondary N) is 2. The van der Waals surface area contributed by atoms with E-state index >= 15 is 0 Å². The average molecular weight is 490 g/mol. The molecule has 0 radical (unpaired) electrons. The number of H-pyrrole nitrogens is 1. The van der Waals surface area contributed by atoms with Gasteiger partial charge in [0.05, 0.1) is 11.4 Å². The molecule has 0 aliphatic carbocycles. The predicted molar refractivity (Wildman–Crippen MR) is 141 cm³/mol. The summed E-state index contributed by atoms with van der Waals surface area (Å²) in [6.45, 7) is 4.00. The molecule has 182 valence electrons. The van der Waals surface area contributed by atoms with Crippen LogP contribution in [0.25, 0.3) is 10.9 Å². The van der Waals surface area contributed by atoms with Crippen molar-refractivity contribution in [3.05, 3.63) is 95.7 Å². The lowest BCUT2D eigenvalue weighted by Crippen LogP contribution is -2.39. The minimum absolute atomic E-state index is 0.176. The number of aromatic nitrogens is 1. The molecule has 0 saturated heterocycles. The van der Waals surface area contributed by atoms with Crippen LogP contribution in [0.5, 0.6) is 0 Å². The van der Waals surface area contributed by atoms with Gasteiger partial charge in [0, 0.05) is 29.3 Å². The zero-order valence-corrected chi connectivity index (χ0v) is 20.9. The number of hydrogen-bond acceptors (Lipinski definition) is 3. The summed E-state index contributed by atoms with van der Waals surface area (Å²) in [7, 11) is -3.86. The van der Waals surface area contributed by atoms with Gasteiger partial charge in [0.1, 0.15) is 0 Å². The molecule has 7 heteroatoms. The van der Waals surface area contributed by atoms with Gasteiger partial charge in [-0.1, -0.05) is 68.4 Å². The second kappa shape index (κ2) is 10.9. The fourth-order valence-corrected chi connectivity index (χ4v) is 5.77. The number of hydrogen-bond donors (Lipinski definition) is 2. The molecular formula is C28H31N3O3S. The van der Waals surface area contributed by atoms with Gasteiger partial charge in [-0.3, -0.25) is 4.79 Å². The van der Waals surface area contributed by atoms with E-state index in [9.17, 15) is 13.2 Å². The Labute approximate surface area is 207 Å². The van der Waals surface area contributed by atoms with Crippen LogP contribution in [0.3, 0.4) is 0 Å². The van der Waals surface area contributed by atoms with E-state index in [0.29, 0.717) is 6.42 Å². The molecule has 3 aromatic carbocycles. The maximum atomic E-state index is 13.5. The minimum Gasteiger partial charge on any atom is -0.361 e. The van der Waals surface area contributed by atoms with E-state index in [-0.39, 0.29) is 23.9 Å². The summed E-state index contributed by atoms with van der Waals surface area (Å²) in [6, 6.07) is 22.2. The SMILES string of the molecule is CCc1cccc(CC)c1NC(=O)CN(CCc1c[nH]c2ccccc12)S(=O)(=O)c1ccccc1. The first-order valence-electron chi connectivity index (χ1n) is 11.9. The molecule has 6 nitrogen and oxygen atoms in total. The van der Waals surface area contributed by atoms with Crippen LogP contribution in [0.2, 0.25) is 0 Å². The van der Waals surface area contributed by atoms with E-state index in [1.54, 1.807) is 30.3 Å². The topological polar surface area (TPSA) is 82.3 Å². The van der Waals surface area contributed by atoms with Crippen molar-refractivity contribution < 1.29 is 13.2 Å². The molecule has 2 N–H and O–H groups in total. The molecule has 0 aliphatic rings. The van der Waals surface area contributed by atoms with E-state index < -0.39 is 10.0 Å². The molecule has 1 aromatic heterocycles. The highest BCUT2D eigenvalue weighted by molar-refractivity contribution is 7.89. The number of benzene rings is 3. The number of fused-ring (bicyclic) bond motifs is 1. The van der Waals surface area contributed by atoms with E-state index in [2.05, 4.69) is 10.3 Å². The largest absolute Gasteiger partial charge is 0.361 e. The second-order valence-electron chi connectivity index (χ2n) is 8.47. The first-order valence-corrected chi connectivity index (χ1v) is 13.4. The van der Waals surface area contributed by atoms with Crippen molar-refractivity contribution in [2.45, 2.75) is 38.0 Å². The van der Waals surface area contributed by atoms with Crippen LogP contribution in [0.4, 0.5) is 5.69 Å². The van der Waals surface area contributed by atoms with Gasteiger partial charge in [-0.15, -0.1) is 0 Å². The van der Waals surface area contributed by atoms with Crippen molar-refractivity contribution in [1.29, 1.82) is 0 Å². The summed E-state index contributed by atoms with van der Waals surface area (Å²) in [4.78, 5) is 16.6. The van der Waals surface area contributed by atoms with Gasteiger partial charge in [0.15, 0.2) is 0 Å². The molecule has 0 fully saturated rings. The maximum absolute atomic E-state index is 13.5. The lowest BCUT2D eigenvalue weighted by molar-refractivity contribution is -0.116. The van der Waals surface area contributed by atoms with Crippen LogP contribution in [-0.4, -0.2) is 36.7 Å². The number of carbonyl (C=O) groups is 1. The zero-order valence-electron chi connectivity index (χ0n) is 20.1. The van der Waals surface area contributed by atoms with Gasteiger partial charge >= 0.3 is 0 Å². The predicted octanol–water partition coefficient (Wildman–Crippen LogP) is 5.16. The first kappa shape index (κ1) is 24.7. The average Bonchev–Trinajstić information content (AvgIpc) is 3.30. The zero-order chi connectivity index (χ0) is 24.8. The normalized spacial score (nSPS) is 11.7. The van der Waals surface area contributed by atoms with Crippen LogP contribution >= 0.6 is 0 Å². The van der Waals surface area contributed by atoms with E-state index in [1.165, 1.54) is 4.31 Å². The number of aromatic amines is 1. The summed E-state index contributed by atoms with van der Waals surface area (Å²) in [6.07, 6.45) is 3.93. The molecule has 4 rings (SSSR count). The van der Waals surface area contributed by atoms with Crippen LogP contribution in [0, 0.1) is 0 Å². The van der Waals surface area contributed by atoms with E-state index in [0.717, 1.165) is 46.1 Å². The Hall–Kier alpha value is -3.42. The van der Waals surface area contributed by atoms with Gasteiger partial charge in [0.2, 0.25) is 15.9 Å². The van der Waals surface area contributed by atoms with Crippen molar-refractivity contribution in [2.24, 2.45) is 0 Å². The smallest absolute Gasteiger partial charge is 0.243 e. The summed E-state index contributed by atoms with van der Waals surface area (Å²) in [5.74, 6) is -0.348. The van der Waals surface area contributed by atoms with Crippen molar-refractivity contribution in [1.82, 2.24) is 9.29 Å². The summed E-state index contributed by atoms with van der Waals surface area (Å²) in [5, 5.41) is 4.06. The Morgan fingerprint density at radius 3 is 2.20 bits per heavy atom. The number of aryl methyl sites for hydroxylation is 2. The number of carbonyl (C=O) groups excluding carboxylic acids is 1. The highest BCUT2D eigenvalue weighted by Gasteiger charge is 2.27. The third-order valence-corrected chi connectivity index (χ3v) is 8.13. The fraction of sp³-hybridized carbons (Fsp3) is 0.250. The highest BCUT2D eigenvalue weighted by Crippen LogP contribution is 2.24. The van der Waals surface area contributed by atoms with Crippen molar-refractivity contribution in [3.63, 3.8) is 0 Å².